The number of benzene rings is 1. The number of hydrogen-bond acceptors (Lipinski definition) is 6. The molecule has 0 spiro atoms. The van der Waals surface area contributed by atoms with Gasteiger partial charge < -0.3 is 18.6 Å². The summed E-state index contributed by atoms with van der Waals surface area (Å²) in [5.74, 6) is 3.18. The quantitative estimate of drug-likeness (QED) is 0.814. The van der Waals surface area contributed by atoms with Crippen molar-refractivity contribution in [1.82, 2.24) is 5.01 Å². The van der Waals surface area contributed by atoms with Gasteiger partial charge >= 0.3 is 0 Å². The van der Waals surface area contributed by atoms with E-state index in [1.807, 2.05) is 30.3 Å². The number of nitrogens with zero attached hydrogens (tertiary/aromatic N) is 2. The van der Waals surface area contributed by atoms with Crippen molar-refractivity contribution in [2.24, 2.45) is 11.0 Å². The van der Waals surface area contributed by atoms with E-state index in [1.165, 1.54) is 5.56 Å². The normalized spacial score (nSPS) is 23.0. The monoisotopic (exact) mass is 364 g/mol. The Balaban J connectivity index is 1.50. The lowest BCUT2D eigenvalue weighted by atomic mass is 9.89. The van der Waals surface area contributed by atoms with Crippen molar-refractivity contribution >= 4 is 5.71 Å². The topological polar surface area (TPSA) is 56.4 Å². The van der Waals surface area contributed by atoms with Crippen LogP contribution < -0.4 is 0 Å². The summed E-state index contributed by atoms with van der Waals surface area (Å²) in [4.78, 5) is 0. The fraction of sp³-hybridized carbons (Fsp3) is 0.286. The van der Waals surface area contributed by atoms with E-state index in [-0.39, 0.29) is 18.8 Å². The largest absolute Gasteiger partial charge is 0.457 e. The van der Waals surface area contributed by atoms with Gasteiger partial charge in [0.15, 0.2) is 17.3 Å². The van der Waals surface area contributed by atoms with Gasteiger partial charge in [-0.1, -0.05) is 30.3 Å². The molecule has 0 N–H and O–H groups in total. The molecule has 0 amide bonds. The van der Waals surface area contributed by atoms with Crippen molar-refractivity contribution in [3.8, 4) is 0 Å². The average molecular weight is 364 g/mol. The van der Waals surface area contributed by atoms with Crippen LogP contribution in [0.4, 0.5) is 0 Å². The second kappa shape index (κ2) is 6.63. The minimum absolute atomic E-state index is 0.0516. The van der Waals surface area contributed by atoms with Crippen molar-refractivity contribution in [1.29, 1.82) is 0 Å². The van der Waals surface area contributed by atoms with E-state index in [4.69, 9.17) is 23.7 Å². The molecule has 0 saturated carbocycles. The van der Waals surface area contributed by atoms with Gasteiger partial charge in [0, 0.05) is 7.11 Å². The van der Waals surface area contributed by atoms with Gasteiger partial charge in [0.2, 0.25) is 6.79 Å². The third-order valence-corrected chi connectivity index (χ3v) is 4.98. The highest BCUT2D eigenvalue weighted by molar-refractivity contribution is 6.03. The summed E-state index contributed by atoms with van der Waals surface area (Å²) in [6.45, 7) is 1.42. The second-order valence-corrected chi connectivity index (χ2v) is 6.75. The van der Waals surface area contributed by atoms with E-state index in [1.54, 1.807) is 7.11 Å². The van der Waals surface area contributed by atoms with Gasteiger partial charge in [-0.3, -0.25) is 5.01 Å². The molecule has 2 atom stereocenters. The standard InChI is InChI=1S/C21H20N2O4/c1-24-12-15-7-8-18(27-15)21-16-9-19-20(26-13-25-19)10-17(16)23(22-21)11-14-5-3-2-4-6-14/h2-10,16-17H,11-13H2,1H3. The van der Waals surface area contributed by atoms with E-state index in [0.717, 1.165) is 28.8 Å². The Hall–Kier alpha value is -2.99. The number of hydrazone groups is 1. The van der Waals surface area contributed by atoms with E-state index in [9.17, 15) is 0 Å². The third-order valence-electron chi connectivity index (χ3n) is 4.98. The van der Waals surface area contributed by atoms with E-state index in [2.05, 4.69) is 29.3 Å². The Morgan fingerprint density at radius 3 is 2.70 bits per heavy atom. The number of methoxy groups -OCH3 is 1. The van der Waals surface area contributed by atoms with Gasteiger partial charge in [0.05, 0.1) is 18.5 Å². The Morgan fingerprint density at radius 1 is 1.07 bits per heavy atom. The molecule has 2 unspecified atom stereocenters. The van der Waals surface area contributed by atoms with Crippen LogP contribution in [0.3, 0.4) is 0 Å². The predicted molar refractivity (Wildman–Crippen MR) is 98.4 cm³/mol. The molecule has 6 nitrogen and oxygen atoms in total. The molecule has 2 aliphatic heterocycles. The van der Waals surface area contributed by atoms with Crippen molar-refractivity contribution in [2.75, 3.05) is 13.9 Å². The number of ether oxygens (including phenoxy) is 3. The van der Waals surface area contributed by atoms with Crippen LogP contribution >= 0.6 is 0 Å². The highest BCUT2D eigenvalue weighted by Gasteiger charge is 2.41. The molecule has 1 aromatic heterocycles. The minimum atomic E-state index is 0.0516. The number of rotatable bonds is 5. The lowest BCUT2D eigenvalue weighted by Crippen LogP contribution is -2.33. The van der Waals surface area contributed by atoms with Gasteiger partial charge in [-0.25, -0.2) is 0 Å². The summed E-state index contributed by atoms with van der Waals surface area (Å²) in [5.41, 5.74) is 2.11. The Labute approximate surface area is 157 Å². The average Bonchev–Trinajstić information content (AvgIpc) is 3.40. The third kappa shape index (κ3) is 2.92. The summed E-state index contributed by atoms with van der Waals surface area (Å²) < 4.78 is 22.3. The summed E-state index contributed by atoms with van der Waals surface area (Å²) in [6, 6.07) is 14.3. The lowest BCUT2D eigenvalue weighted by molar-refractivity contribution is 0.0975. The first kappa shape index (κ1) is 16.2. The van der Waals surface area contributed by atoms with Crippen LogP contribution in [0.5, 0.6) is 0 Å². The van der Waals surface area contributed by atoms with Crippen LogP contribution in [0.25, 0.3) is 0 Å². The van der Waals surface area contributed by atoms with Gasteiger partial charge in [-0.15, -0.1) is 0 Å². The van der Waals surface area contributed by atoms with E-state index in [0.29, 0.717) is 13.2 Å². The van der Waals surface area contributed by atoms with E-state index < -0.39 is 0 Å². The zero-order chi connectivity index (χ0) is 18.2. The highest BCUT2D eigenvalue weighted by atomic mass is 16.7. The summed E-state index contributed by atoms with van der Waals surface area (Å²) in [5, 5.41) is 7.01. The molecule has 1 aromatic carbocycles. The van der Waals surface area contributed by atoms with Crippen LogP contribution in [-0.2, 0) is 27.4 Å². The summed E-state index contributed by atoms with van der Waals surface area (Å²) >= 11 is 0. The molecule has 6 heteroatoms. The molecule has 1 saturated heterocycles. The molecule has 2 aromatic rings. The van der Waals surface area contributed by atoms with Crippen LogP contribution in [0, 0.1) is 5.92 Å². The molecule has 1 fully saturated rings. The highest BCUT2D eigenvalue weighted by Crippen LogP contribution is 2.38. The first-order valence-corrected chi connectivity index (χ1v) is 8.98. The minimum Gasteiger partial charge on any atom is -0.457 e. The maximum Gasteiger partial charge on any atom is 0.231 e. The summed E-state index contributed by atoms with van der Waals surface area (Å²) in [6.07, 6.45) is 4.20. The predicted octanol–water partition coefficient (Wildman–Crippen LogP) is 3.42. The fourth-order valence-electron chi connectivity index (χ4n) is 3.72. The fourth-order valence-corrected chi connectivity index (χ4v) is 3.72. The Morgan fingerprint density at radius 2 is 1.89 bits per heavy atom. The Kier molecular flexibility index (Phi) is 3.98. The smallest absolute Gasteiger partial charge is 0.231 e. The molecule has 27 heavy (non-hydrogen) atoms. The molecule has 0 bridgehead atoms. The maximum absolute atomic E-state index is 5.96. The zero-order valence-electron chi connectivity index (χ0n) is 15.0. The first-order chi connectivity index (χ1) is 13.3. The molecular formula is C21H20N2O4. The van der Waals surface area contributed by atoms with Crippen molar-refractivity contribution < 1.29 is 18.6 Å². The summed E-state index contributed by atoms with van der Waals surface area (Å²) in [7, 11) is 1.65. The van der Waals surface area contributed by atoms with Crippen LogP contribution in [0.15, 0.2) is 75.7 Å². The SMILES string of the molecule is COCc1ccc(C2=NN(Cc3ccccc3)C3C=C4OCOC4=CC23)o1. The number of fused-ring (bicyclic) bond motifs is 2. The lowest BCUT2D eigenvalue weighted by Gasteiger charge is -2.26. The molecule has 0 radical (unpaired) electrons. The van der Waals surface area contributed by atoms with Crippen molar-refractivity contribution in [3.05, 3.63) is 83.2 Å². The second-order valence-electron chi connectivity index (χ2n) is 6.75. The van der Waals surface area contributed by atoms with Gasteiger partial charge in [-0.05, 0) is 29.8 Å². The van der Waals surface area contributed by atoms with Crippen LogP contribution in [0.1, 0.15) is 17.1 Å². The van der Waals surface area contributed by atoms with Crippen LogP contribution in [-0.4, -0.2) is 30.7 Å². The van der Waals surface area contributed by atoms with Gasteiger partial charge in [-0.2, -0.15) is 5.10 Å². The molecule has 5 rings (SSSR count). The number of furan rings is 1. The number of hydrogen-bond donors (Lipinski definition) is 0. The molecule has 3 heterocycles. The molecule has 138 valence electrons. The van der Waals surface area contributed by atoms with Gasteiger partial charge in [0.25, 0.3) is 0 Å². The van der Waals surface area contributed by atoms with Crippen molar-refractivity contribution in [3.63, 3.8) is 0 Å². The molecule has 1 aliphatic carbocycles. The molecule has 3 aliphatic rings. The van der Waals surface area contributed by atoms with Crippen molar-refractivity contribution in [2.45, 2.75) is 19.2 Å². The maximum atomic E-state index is 5.96. The zero-order valence-corrected chi connectivity index (χ0v) is 15.0. The first-order valence-electron chi connectivity index (χ1n) is 8.98. The Bertz CT molecular complexity index is 929. The molecular weight excluding hydrogens is 344 g/mol. The van der Waals surface area contributed by atoms with E-state index >= 15 is 0 Å². The van der Waals surface area contributed by atoms with Gasteiger partial charge in [0.1, 0.15) is 18.1 Å². The van der Waals surface area contributed by atoms with Crippen LogP contribution in [0.2, 0.25) is 0 Å².